The third kappa shape index (κ3) is 4.42. The zero-order valence-corrected chi connectivity index (χ0v) is 15.8. The van der Waals surface area contributed by atoms with E-state index in [1.165, 1.54) is 11.4 Å². The van der Waals surface area contributed by atoms with E-state index in [1.807, 2.05) is 0 Å². The monoisotopic (exact) mass is 388 g/mol. The van der Waals surface area contributed by atoms with Crippen LogP contribution in [0.15, 0.2) is 49.7 Å². The second kappa shape index (κ2) is 7.32. The Kier molecular flexibility index (Phi) is 5.82. The zero-order chi connectivity index (χ0) is 18.0. The number of nitrogens with two attached hydrogens (primary N) is 1. The summed E-state index contributed by atoms with van der Waals surface area (Å²) in [5.74, 6) is 0.447. The number of hydrogen-bond donors (Lipinski definition) is 2. The second-order valence-corrected chi connectivity index (χ2v) is 10.4. The van der Waals surface area contributed by atoms with Crippen molar-refractivity contribution in [1.82, 2.24) is 5.32 Å². The van der Waals surface area contributed by atoms with E-state index in [0.29, 0.717) is 18.0 Å². The van der Waals surface area contributed by atoms with Crippen LogP contribution in [0.2, 0.25) is 0 Å². The summed E-state index contributed by atoms with van der Waals surface area (Å²) in [6, 6.07) is 7.79. The van der Waals surface area contributed by atoms with Crippen LogP contribution in [0.25, 0.3) is 0 Å². The van der Waals surface area contributed by atoms with E-state index < -0.39 is 19.9 Å². The summed E-state index contributed by atoms with van der Waals surface area (Å²) in [6.45, 7) is 5.31. The molecule has 0 aliphatic heterocycles. The van der Waals surface area contributed by atoms with Gasteiger partial charge in [-0.2, -0.15) is 0 Å². The van der Waals surface area contributed by atoms with Crippen LogP contribution in [0.4, 0.5) is 0 Å². The highest BCUT2D eigenvalue weighted by Gasteiger charge is 2.24. The largest absolute Gasteiger partial charge is 0.312 e. The fourth-order valence-electron chi connectivity index (χ4n) is 2.12. The molecular formula is C15H20N2O4S3. The molecule has 1 heterocycles. The number of nitrogens with one attached hydrogen (secondary N) is 1. The first kappa shape index (κ1) is 19.1. The first-order valence-electron chi connectivity index (χ1n) is 7.27. The normalized spacial score (nSPS) is 12.7. The average molecular weight is 389 g/mol. The summed E-state index contributed by atoms with van der Waals surface area (Å²) in [7, 11) is -7.73. The molecule has 0 fully saturated rings. The van der Waals surface area contributed by atoms with Gasteiger partial charge in [-0.15, -0.1) is 11.3 Å². The van der Waals surface area contributed by atoms with E-state index in [9.17, 15) is 16.8 Å². The van der Waals surface area contributed by atoms with Crippen LogP contribution in [0, 0.1) is 5.92 Å². The van der Waals surface area contributed by atoms with Crippen molar-refractivity contribution in [3.63, 3.8) is 0 Å². The molecule has 0 saturated carbocycles. The van der Waals surface area contributed by atoms with Crippen molar-refractivity contribution in [2.75, 3.05) is 6.54 Å². The third-order valence-corrected chi connectivity index (χ3v) is 7.64. The van der Waals surface area contributed by atoms with Crippen molar-refractivity contribution in [3.05, 3.63) is 41.3 Å². The maximum atomic E-state index is 12.8. The number of sulfonamides is 1. The first-order valence-corrected chi connectivity index (χ1v) is 11.2. The standard InChI is InChI=1S/C15H20N2O4S3/c1-11(2)8-17-9-12-5-3-4-6-14(12)23(18,19)13-7-15(22-10-13)24(16,20)21/h3-7,10-11,17H,8-9H2,1-2H3,(H2,16,20,21). The fraction of sp³-hybridized carbons (Fsp3) is 0.333. The number of sulfone groups is 1. The minimum atomic E-state index is -3.92. The van der Waals surface area contributed by atoms with Crippen molar-refractivity contribution in [3.8, 4) is 0 Å². The van der Waals surface area contributed by atoms with Crippen LogP contribution < -0.4 is 10.5 Å². The fourth-order valence-corrected chi connectivity index (χ4v) is 5.66. The Morgan fingerprint density at radius 3 is 2.42 bits per heavy atom. The van der Waals surface area contributed by atoms with Gasteiger partial charge in [0.15, 0.2) is 0 Å². The number of primary sulfonamides is 1. The Balaban J connectivity index is 2.38. The molecule has 3 N–H and O–H groups in total. The van der Waals surface area contributed by atoms with Gasteiger partial charge in [-0.25, -0.2) is 22.0 Å². The lowest BCUT2D eigenvalue weighted by Crippen LogP contribution is -2.20. The van der Waals surface area contributed by atoms with Crippen LogP contribution in [0.3, 0.4) is 0 Å². The average Bonchev–Trinajstić information content (AvgIpc) is 2.98. The highest BCUT2D eigenvalue weighted by molar-refractivity contribution is 7.92. The molecule has 0 saturated heterocycles. The number of benzene rings is 1. The molecule has 0 spiro atoms. The maximum absolute atomic E-state index is 12.8. The van der Waals surface area contributed by atoms with E-state index in [4.69, 9.17) is 5.14 Å². The molecule has 1 aromatic heterocycles. The first-order chi connectivity index (χ1) is 11.1. The lowest BCUT2D eigenvalue weighted by Gasteiger charge is -2.12. The van der Waals surface area contributed by atoms with Gasteiger partial charge in [0, 0.05) is 11.9 Å². The van der Waals surface area contributed by atoms with Gasteiger partial charge in [-0.1, -0.05) is 32.0 Å². The van der Waals surface area contributed by atoms with Crippen molar-refractivity contribution in [2.24, 2.45) is 11.1 Å². The Labute approximate surface area is 146 Å². The van der Waals surface area contributed by atoms with Gasteiger partial charge in [0.2, 0.25) is 19.9 Å². The van der Waals surface area contributed by atoms with Crippen molar-refractivity contribution >= 4 is 31.2 Å². The molecule has 0 radical (unpaired) electrons. The van der Waals surface area contributed by atoms with Crippen LogP contribution in [-0.4, -0.2) is 23.4 Å². The molecule has 2 rings (SSSR count). The molecule has 6 nitrogen and oxygen atoms in total. The lowest BCUT2D eigenvalue weighted by molar-refractivity contribution is 0.548. The molecule has 9 heteroatoms. The number of thiophene rings is 1. The van der Waals surface area contributed by atoms with E-state index in [-0.39, 0.29) is 14.0 Å². The number of hydrogen-bond acceptors (Lipinski definition) is 6. The molecule has 0 aliphatic rings. The summed E-state index contributed by atoms with van der Waals surface area (Å²) < 4.78 is 48.2. The van der Waals surface area contributed by atoms with Gasteiger partial charge in [0.25, 0.3) is 0 Å². The van der Waals surface area contributed by atoms with Crippen molar-refractivity contribution in [2.45, 2.75) is 34.4 Å². The van der Waals surface area contributed by atoms with Gasteiger partial charge in [0.05, 0.1) is 9.79 Å². The van der Waals surface area contributed by atoms with Crippen LogP contribution >= 0.6 is 11.3 Å². The highest BCUT2D eigenvalue weighted by atomic mass is 32.2. The summed E-state index contributed by atoms with van der Waals surface area (Å²) in [5, 5.41) is 9.57. The lowest BCUT2D eigenvalue weighted by atomic mass is 10.2. The molecule has 0 aliphatic carbocycles. The maximum Gasteiger partial charge on any atom is 0.247 e. The van der Waals surface area contributed by atoms with Crippen LogP contribution in [0.1, 0.15) is 19.4 Å². The van der Waals surface area contributed by atoms with E-state index in [2.05, 4.69) is 19.2 Å². The summed E-state index contributed by atoms with van der Waals surface area (Å²) in [5.41, 5.74) is 0.640. The third-order valence-electron chi connectivity index (χ3n) is 3.27. The molecule has 0 atom stereocenters. The Bertz CT molecular complexity index is 916. The Morgan fingerprint density at radius 1 is 1.17 bits per heavy atom. The van der Waals surface area contributed by atoms with Gasteiger partial charge in [0.1, 0.15) is 4.21 Å². The summed E-state index contributed by atoms with van der Waals surface area (Å²) in [4.78, 5) is 0.105. The molecule has 0 bridgehead atoms. The predicted octanol–water partition coefficient (Wildman–Crippen LogP) is 1.97. The minimum Gasteiger partial charge on any atom is -0.312 e. The predicted molar refractivity (Wildman–Crippen MR) is 94.1 cm³/mol. The molecular weight excluding hydrogens is 368 g/mol. The van der Waals surface area contributed by atoms with Crippen molar-refractivity contribution < 1.29 is 16.8 Å². The van der Waals surface area contributed by atoms with Gasteiger partial charge in [-0.05, 0) is 30.2 Å². The SMILES string of the molecule is CC(C)CNCc1ccccc1S(=O)(=O)c1csc(S(N)(=O)=O)c1. The molecule has 24 heavy (non-hydrogen) atoms. The van der Waals surface area contributed by atoms with Gasteiger partial charge >= 0.3 is 0 Å². The highest BCUT2D eigenvalue weighted by Crippen LogP contribution is 2.29. The molecule has 0 amide bonds. The molecule has 0 unspecified atom stereocenters. The smallest absolute Gasteiger partial charge is 0.247 e. The summed E-state index contributed by atoms with van der Waals surface area (Å²) >= 11 is 0.798. The minimum absolute atomic E-state index is 0.0622. The number of rotatable bonds is 7. The second-order valence-electron chi connectivity index (χ2n) is 5.78. The Morgan fingerprint density at radius 2 is 1.83 bits per heavy atom. The molecule has 1 aromatic carbocycles. The quantitative estimate of drug-likeness (QED) is 0.754. The molecule has 132 valence electrons. The van der Waals surface area contributed by atoms with Crippen LogP contribution in [-0.2, 0) is 26.4 Å². The van der Waals surface area contributed by atoms with Crippen LogP contribution in [0.5, 0.6) is 0 Å². The topological polar surface area (TPSA) is 106 Å². The Hall–Kier alpha value is -1.26. The zero-order valence-electron chi connectivity index (χ0n) is 13.4. The van der Waals surface area contributed by atoms with Gasteiger partial charge < -0.3 is 5.32 Å². The van der Waals surface area contributed by atoms with Crippen molar-refractivity contribution in [1.29, 1.82) is 0 Å². The summed E-state index contributed by atoms with van der Waals surface area (Å²) in [6.07, 6.45) is 0. The van der Waals surface area contributed by atoms with E-state index in [1.54, 1.807) is 18.2 Å². The van der Waals surface area contributed by atoms with Gasteiger partial charge in [-0.3, -0.25) is 0 Å². The van der Waals surface area contributed by atoms with E-state index in [0.717, 1.165) is 23.9 Å². The molecule has 2 aromatic rings. The van der Waals surface area contributed by atoms with E-state index >= 15 is 0 Å².